The number of aryl methyl sites for hydroxylation is 2. The third kappa shape index (κ3) is 3.08. The van der Waals surface area contributed by atoms with Crippen molar-refractivity contribution in [1.82, 2.24) is 15.0 Å². The first-order chi connectivity index (χ1) is 13.3. The van der Waals surface area contributed by atoms with Gasteiger partial charge in [0.2, 0.25) is 0 Å². The molecule has 0 amide bonds. The fraction of sp³-hybridized carbons (Fsp3) is 0.217. The molecule has 2 N–H and O–H groups in total. The van der Waals surface area contributed by atoms with Crippen LogP contribution in [0, 0.1) is 6.92 Å². The highest BCUT2D eigenvalue weighted by molar-refractivity contribution is 5.85. The van der Waals surface area contributed by atoms with Crippen LogP contribution in [0.25, 0.3) is 22.3 Å². The summed E-state index contributed by atoms with van der Waals surface area (Å²) in [6.45, 7) is 1.95. The summed E-state index contributed by atoms with van der Waals surface area (Å²) in [5.74, 6) is 1.66. The molecular weight excluding hydrogens is 332 g/mol. The molecule has 4 heteroatoms. The average Bonchev–Trinajstić information content (AvgIpc) is 3.12. The van der Waals surface area contributed by atoms with Gasteiger partial charge in [-0.25, -0.2) is 9.97 Å². The zero-order chi connectivity index (χ0) is 18.2. The first kappa shape index (κ1) is 16.1. The molecule has 0 radical (unpaired) electrons. The number of aromatic nitrogens is 3. The Hall–Kier alpha value is -3.14. The number of fused-ring (bicyclic) bond motifs is 2. The maximum Gasteiger partial charge on any atom is 0.130 e. The number of anilines is 1. The molecule has 0 fully saturated rings. The number of rotatable bonds is 3. The number of benzene rings is 2. The third-order valence-electron chi connectivity index (χ3n) is 5.34. The number of aromatic amines is 1. The lowest BCUT2D eigenvalue weighted by molar-refractivity contribution is 0.598. The minimum absolute atomic E-state index is 0.305. The molecular formula is C23H22N4. The van der Waals surface area contributed by atoms with Crippen LogP contribution in [-0.2, 0) is 6.42 Å². The van der Waals surface area contributed by atoms with Crippen molar-refractivity contribution in [3.05, 3.63) is 77.6 Å². The van der Waals surface area contributed by atoms with Crippen molar-refractivity contribution in [1.29, 1.82) is 0 Å². The minimum Gasteiger partial charge on any atom is -0.363 e. The van der Waals surface area contributed by atoms with Gasteiger partial charge in [0, 0.05) is 17.0 Å². The SMILES string of the molecule is Cc1nc(NC2CCCc3ccccc32)cc(-c2cc3ccccc3[nH]2)n1. The first-order valence-electron chi connectivity index (χ1n) is 9.54. The van der Waals surface area contributed by atoms with Crippen molar-refractivity contribution >= 4 is 16.7 Å². The number of hydrogen-bond acceptors (Lipinski definition) is 3. The van der Waals surface area contributed by atoms with Crippen molar-refractivity contribution in [3.8, 4) is 11.4 Å². The summed E-state index contributed by atoms with van der Waals surface area (Å²) < 4.78 is 0. The molecule has 4 aromatic rings. The summed E-state index contributed by atoms with van der Waals surface area (Å²) in [7, 11) is 0. The summed E-state index contributed by atoms with van der Waals surface area (Å²) in [6.07, 6.45) is 3.49. The van der Waals surface area contributed by atoms with Gasteiger partial charge in [-0.1, -0.05) is 42.5 Å². The van der Waals surface area contributed by atoms with Gasteiger partial charge in [0.1, 0.15) is 11.6 Å². The molecule has 4 nitrogen and oxygen atoms in total. The second-order valence-corrected chi connectivity index (χ2v) is 7.24. The van der Waals surface area contributed by atoms with Crippen LogP contribution >= 0.6 is 0 Å². The average molecular weight is 354 g/mol. The Morgan fingerprint density at radius 3 is 2.78 bits per heavy atom. The van der Waals surface area contributed by atoms with E-state index in [0.717, 1.165) is 41.4 Å². The van der Waals surface area contributed by atoms with Gasteiger partial charge in [-0.05, 0) is 49.4 Å². The smallest absolute Gasteiger partial charge is 0.130 e. The highest BCUT2D eigenvalue weighted by Gasteiger charge is 2.20. The monoisotopic (exact) mass is 354 g/mol. The Balaban J connectivity index is 1.49. The molecule has 5 rings (SSSR count). The van der Waals surface area contributed by atoms with E-state index in [0.29, 0.717) is 6.04 Å². The quantitative estimate of drug-likeness (QED) is 0.516. The lowest BCUT2D eigenvalue weighted by atomic mass is 9.88. The molecule has 2 aromatic carbocycles. The van der Waals surface area contributed by atoms with Gasteiger partial charge in [-0.3, -0.25) is 0 Å². The van der Waals surface area contributed by atoms with Gasteiger partial charge in [0.15, 0.2) is 0 Å². The van der Waals surface area contributed by atoms with Crippen LogP contribution in [0.5, 0.6) is 0 Å². The number of nitrogens with one attached hydrogen (secondary N) is 2. The van der Waals surface area contributed by atoms with E-state index >= 15 is 0 Å². The molecule has 1 aliphatic rings. The second-order valence-electron chi connectivity index (χ2n) is 7.24. The van der Waals surface area contributed by atoms with E-state index < -0.39 is 0 Å². The lowest BCUT2D eigenvalue weighted by Gasteiger charge is -2.27. The predicted octanol–water partition coefficient (Wildman–Crippen LogP) is 5.42. The normalized spacial score (nSPS) is 16.3. The summed E-state index contributed by atoms with van der Waals surface area (Å²) >= 11 is 0. The largest absolute Gasteiger partial charge is 0.363 e. The standard InChI is InChI=1S/C23H22N4/c1-15-24-22(21-13-17-8-3-5-11-19(17)26-21)14-23(25-15)27-20-12-6-9-16-7-2-4-10-18(16)20/h2-5,7-8,10-11,13-14,20,26H,6,9,12H2,1H3,(H,24,25,27). The topological polar surface area (TPSA) is 53.6 Å². The maximum absolute atomic E-state index is 4.65. The molecule has 1 unspecified atom stereocenters. The Kier molecular flexibility index (Phi) is 3.89. The minimum atomic E-state index is 0.305. The predicted molar refractivity (Wildman–Crippen MR) is 110 cm³/mol. The number of H-pyrrole nitrogens is 1. The van der Waals surface area contributed by atoms with Gasteiger partial charge in [0.25, 0.3) is 0 Å². The van der Waals surface area contributed by atoms with Gasteiger partial charge >= 0.3 is 0 Å². The van der Waals surface area contributed by atoms with Crippen LogP contribution in [0.4, 0.5) is 5.82 Å². The molecule has 2 heterocycles. The summed E-state index contributed by atoms with van der Waals surface area (Å²) in [5.41, 5.74) is 5.91. The maximum atomic E-state index is 4.65. The zero-order valence-electron chi connectivity index (χ0n) is 15.4. The lowest BCUT2D eigenvalue weighted by Crippen LogP contribution is -2.18. The molecule has 134 valence electrons. The van der Waals surface area contributed by atoms with Crippen LogP contribution in [-0.4, -0.2) is 15.0 Å². The van der Waals surface area contributed by atoms with Crippen LogP contribution in [0.15, 0.2) is 60.7 Å². The zero-order valence-corrected chi connectivity index (χ0v) is 15.4. The van der Waals surface area contributed by atoms with Crippen LogP contribution in [0.2, 0.25) is 0 Å². The molecule has 1 aliphatic carbocycles. The van der Waals surface area contributed by atoms with E-state index in [1.165, 1.54) is 22.9 Å². The van der Waals surface area contributed by atoms with Crippen molar-refractivity contribution < 1.29 is 0 Å². The van der Waals surface area contributed by atoms with Crippen LogP contribution in [0.1, 0.15) is 35.8 Å². The fourth-order valence-corrected chi connectivity index (χ4v) is 4.07. The van der Waals surface area contributed by atoms with E-state index in [2.05, 4.69) is 74.9 Å². The molecule has 0 spiro atoms. The Morgan fingerprint density at radius 1 is 1.00 bits per heavy atom. The van der Waals surface area contributed by atoms with E-state index in [1.54, 1.807) is 0 Å². The van der Waals surface area contributed by atoms with Crippen molar-refractivity contribution in [3.63, 3.8) is 0 Å². The third-order valence-corrected chi connectivity index (χ3v) is 5.34. The Morgan fingerprint density at radius 2 is 1.85 bits per heavy atom. The van der Waals surface area contributed by atoms with Crippen molar-refractivity contribution in [2.75, 3.05) is 5.32 Å². The van der Waals surface area contributed by atoms with E-state index in [4.69, 9.17) is 0 Å². The molecule has 0 bridgehead atoms. The second kappa shape index (κ2) is 6.54. The summed E-state index contributed by atoms with van der Waals surface area (Å²) in [4.78, 5) is 12.8. The number of nitrogens with zero attached hydrogens (tertiary/aromatic N) is 2. The molecule has 0 aliphatic heterocycles. The summed E-state index contributed by atoms with van der Waals surface area (Å²) in [5, 5.41) is 4.85. The van der Waals surface area contributed by atoms with E-state index in [1.807, 2.05) is 13.0 Å². The Bertz CT molecular complexity index is 1080. The molecule has 27 heavy (non-hydrogen) atoms. The van der Waals surface area contributed by atoms with Crippen molar-refractivity contribution in [2.24, 2.45) is 0 Å². The van der Waals surface area contributed by atoms with Gasteiger partial charge < -0.3 is 10.3 Å². The number of para-hydroxylation sites is 1. The van der Waals surface area contributed by atoms with Gasteiger partial charge in [0.05, 0.1) is 17.4 Å². The highest BCUT2D eigenvalue weighted by atomic mass is 15.1. The van der Waals surface area contributed by atoms with Crippen molar-refractivity contribution in [2.45, 2.75) is 32.2 Å². The van der Waals surface area contributed by atoms with E-state index in [-0.39, 0.29) is 0 Å². The van der Waals surface area contributed by atoms with E-state index in [9.17, 15) is 0 Å². The molecule has 0 saturated carbocycles. The molecule has 2 aromatic heterocycles. The van der Waals surface area contributed by atoms with Gasteiger partial charge in [-0.2, -0.15) is 0 Å². The first-order valence-corrected chi connectivity index (χ1v) is 9.54. The fourth-order valence-electron chi connectivity index (χ4n) is 4.07. The van der Waals surface area contributed by atoms with Crippen LogP contribution < -0.4 is 5.32 Å². The Labute approximate surface area is 158 Å². The van der Waals surface area contributed by atoms with Gasteiger partial charge in [-0.15, -0.1) is 0 Å². The number of hydrogen-bond donors (Lipinski definition) is 2. The highest BCUT2D eigenvalue weighted by Crippen LogP contribution is 2.33. The summed E-state index contributed by atoms with van der Waals surface area (Å²) in [6, 6.07) is 21.5. The molecule has 0 saturated heterocycles. The molecule has 1 atom stereocenters. The van der Waals surface area contributed by atoms with Crippen LogP contribution in [0.3, 0.4) is 0 Å².